The lowest BCUT2D eigenvalue weighted by Crippen LogP contribution is -2.25. The topological polar surface area (TPSA) is 85.2 Å². The van der Waals surface area contributed by atoms with Crippen LogP contribution in [-0.4, -0.2) is 28.7 Å². The Hall–Kier alpha value is -3.17. The van der Waals surface area contributed by atoms with Crippen molar-refractivity contribution in [1.29, 1.82) is 0 Å². The summed E-state index contributed by atoms with van der Waals surface area (Å²) in [5, 5.41) is 9.48. The number of hydrogen-bond acceptors (Lipinski definition) is 4. The van der Waals surface area contributed by atoms with E-state index in [1.807, 2.05) is 0 Å². The number of aromatic nitrogens is 2. The highest BCUT2D eigenvalue weighted by Gasteiger charge is 2.21. The van der Waals surface area contributed by atoms with Gasteiger partial charge in [0.05, 0.1) is 17.2 Å². The predicted octanol–water partition coefficient (Wildman–Crippen LogP) is 4.86. The van der Waals surface area contributed by atoms with E-state index in [2.05, 4.69) is 15.7 Å². The van der Waals surface area contributed by atoms with Gasteiger partial charge in [0.15, 0.2) is 11.6 Å². The zero-order valence-electron chi connectivity index (χ0n) is 17.0. The van der Waals surface area contributed by atoms with Crippen molar-refractivity contribution in [3.8, 4) is 5.75 Å². The van der Waals surface area contributed by atoms with E-state index in [0.717, 1.165) is 0 Å². The molecule has 0 saturated heterocycles. The average molecular weight is 483 g/mol. The molecule has 1 aromatic heterocycles. The van der Waals surface area contributed by atoms with Gasteiger partial charge in [-0.3, -0.25) is 14.3 Å². The van der Waals surface area contributed by atoms with Gasteiger partial charge in [0.25, 0.3) is 18.2 Å². The molecule has 2 N–H and O–H groups in total. The Balaban J connectivity index is 1.77. The molecule has 1 heterocycles. The first-order chi connectivity index (χ1) is 15.2. The third-order valence-electron chi connectivity index (χ3n) is 4.50. The second-order valence-electron chi connectivity index (χ2n) is 6.67. The average Bonchev–Trinajstić information content (AvgIpc) is 3.11. The van der Waals surface area contributed by atoms with Crippen molar-refractivity contribution in [1.82, 2.24) is 15.1 Å². The number of alkyl halides is 2. The molecule has 3 aromatic rings. The summed E-state index contributed by atoms with van der Waals surface area (Å²) in [7, 11) is 2.96. The Kier molecular flexibility index (Phi) is 7.32. The van der Waals surface area contributed by atoms with Gasteiger partial charge >= 0.3 is 0 Å². The van der Waals surface area contributed by atoms with Crippen LogP contribution in [0.2, 0.25) is 10.0 Å². The standard InChI is InChI=1S/C21H18Cl2F2N4O3/c1-29-10-14(21(31)26-9-11-5-3-4-6-13(11)18(24)25)19(28-29)27-20(30)12-7-15(22)17(32-2)16(23)8-12/h3-8,10,18H,9H2,1-2H3,(H,26,31)(H,27,28,30). The normalized spacial score (nSPS) is 10.8. The minimum Gasteiger partial charge on any atom is -0.494 e. The molecular weight excluding hydrogens is 465 g/mol. The number of aryl methyl sites for hydroxylation is 1. The van der Waals surface area contributed by atoms with Crippen LogP contribution in [0.3, 0.4) is 0 Å². The van der Waals surface area contributed by atoms with E-state index in [0.29, 0.717) is 0 Å². The molecule has 0 bridgehead atoms. The third-order valence-corrected chi connectivity index (χ3v) is 5.06. The largest absolute Gasteiger partial charge is 0.494 e. The molecule has 0 saturated carbocycles. The van der Waals surface area contributed by atoms with Gasteiger partial charge in [0.2, 0.25) is 0 Å². The van der Waals surface area contributed by atoms with Crippen LogP contribution in [0.5, 0.6) is 5.75 Å². The summed E-state index contributed by atoms with van der Waals surface area (Å²) >= 11 is 12.2. The van der Waals surface area contributed by atoms with Crippen LogP contribution >= 0.6 is 23.2 Å². The van der Waals surface area contributed by atoms with Gasteiger partial charge < -0.3 is 15.4 Å². The summed E-state index contributed by atoms with van der Waals surface area (Å²) in [5.74, 6) is -0.984. The highest BCUT2D eigenvalue weighted by Crippen LogP contribution is 2.34. The highest BCUT2D eigenvalue weighted by atomic mass is 35.5. The molecule has 0 aliphatic heterocycles. The number of hydrogen-bond donors (Lipinski definition) is 2. The lowest BCUT2D eigenvalue weighted by molar-refractivity contribution is 0.0950. The Morgan fingerprint density at radius 3 is 2.44 bits per heavy atom. The van der Waals surface area contributed by atoms with E-state index in [9.17, 15) is 18.4 Å². The fraction of sp³-hybridized carbons (Fsp3) is 0.190. The molecule has 0 radical (unpaired) electrons. The summed E-state index contributed by atoms with van der Waals surface area (Å²) in [5.41, 5.74) is 0.304. The Morgan fingerprint density at radius 2 is 1.81 bits per heavy atom. The second kappa shape index (κ2) is 9.97. The zero-order valence-corrected chi connectivity index (χ0v) is 18.5. The molecule has 7 nitrogen and oxygen atoms in total. The van der Waals surface area contributed by atoms with E-state index >= 15 is 0 Å². The molecule has 11 heteroatoms. The van der Waals surface area contributed by atoms with Gasteiger partial charge in [-0.1, -0.05) is 47.5 Å². The molecule has 32 heavy (non-hydrogen) atoms. The first-order valence-electron chi connectivity index (χ1n) is 9.23. The number of rotatable bonds is 7. The first kappa shape index (κ1) is 23.5. The molecular formula is C21H18Cl2F2N4O3. The van der Waals surface area contributed by atoms with Crippen LogP contribution < -0.4 is 15.4 Å². The minimum atomic E-state index is -2.67. The number of anilines is 1. The molecule has 2 aromatic carbocycles. The van der Waals surface area contributed by atoms with Gasteiger partial charge in [-0.2, -0.15) is 5.10 Å². The van der Waals surface area contributed by atoms with Crippen molar-refractivity contribution in [3.05, 3.63) is 74.9 Å². The van der Waals surface area contributed by atoms with Gasteiger partial charge in [-0.25, -0.2) is 8.78 Å². The number of carbonyl (C=O) groups is 2. The van der Waals surface area contributed by atoms with E-state index < -0.39 is 18.2 Å². The number of ether oxygens (including phenoxy) is 1. The molecule has 0 aliphatic carbocycles. The van der Waals surface area contributed by atoms with Crippen molar-refractivity contribution in [2.45, 2.75) is 13.0 Å². The lowest BCUT2D eigenvalue weighted by atomic mass is 10.1. The number of amides is 2. The fourth-order valence-corrected chi connectivity index (χ4v) is 3.63. The summed E-state index contributed by atoms with van der Waals surface area (Å²) in [6.45, 7) is -0.120. The smallest absolute Gasteiger partial charge is 0.264 e. The molecule has 3 rings (SSSR count). The van der Waals surface area contributed by atoms with E-state index in [-0.39, 0.29) is 50.4 Å². The molecule has 0 spiro atoms. The van der Waals surface area contributed by atoms with Crippen LogP contribution in [0, 0.1) is 0 Å². The van der Waals surface area contributed by atoms with E-state index in [1.165, 1.54) is 48.3 Å². The highest BCUT2D eigenvalue weighted by molar-refractivity contribution is 6.37. The summed E-state index contributed by atoms with van der Waals surface area (Å²) in [6.07, 6.45) is -1.27. The third kappa shape index (κ3) is 5.17. The van der Waals surface area contributed by atoms with Crippen LogP contribution in [-0.2, 0) is 13.6 Å². The number of halogens is 4. The van der Waals surface area contributed by atoms with Crippen molar-refractivity contribution in [2.75, 3.05) is 12.4 Å². The predicted molar refractivity (Wildman–Crippen MR) is 117 cm³/mol. The van der Waals surface area contributed by atoms with Crippen molar-refractivity contribution < 1.29 is 23.1 Å². The summed E-state index contributed by atoms with van der Waals surface area (Å²) in [4.78, 5) is 25.3. The Labute approximate surface area is 192 Å². The lowest BCUT2D eigenvalue weighted by Gasteiger charge is -2.11. The van der Waals surface area contributed by atoms with Gasteiger partial charge in [0.1, 0.15) is 5.56 Å². The minimum absolute atomic E-state index is 0.0137. The maximum Gasteiger partial charge on any atom is 0.264 e. The zero-order chi connectivity index (χ0) is 23.4. The van der Waals surface area contributed by atoms with Gasteiger partial charge in [0, 0.05) is 30.9 Å². The van der Waals surface area contributed by atoms with Crippen LogP contribution in [0.4, 0.5) is 14.6 Å². The summed E-state index contributed by atoms with van der Waals surface area (Å²) < 4.78 is 32.7. The van der Waals surface area contributed by atoms with Crippen molar-refractivity contribution in [3.63, 3.8) is 0 Å². The molecule has 0 atom stereocenters. The first-order valence-corrected chi connectivity index (χ1v) is 9.99. The van der Waals surface area contributed by atoms with Crippen molar-refractivity contribution in [2.24, 2.45) is 7.05 Å². The van der Waals surface area contributed by atoms with Crippen LogP contribution in [0.15, 0.2) is 42.6 Å². The molecule has 168 valence electrons. The second-order valence-corrected chi connectivity index (χ2v) is 7.49. The summed E-state index contributed by atoms with van der Waals surface area (Å²) in [6, 6.07) is 8.64. The number of methoxy groups -OCH3 is 1. The van der Waals surface area contributed by atoms with Crippen LogP contribution in [0.25, 0.3) is 0 Å². The van der Waals surface area contributed by atoms with Gasteiger partial charge in [-0.05, 0) is 17.7 Å². The van der Waals surface area contributed by atoms with E-state index in [4.69, 9.17) is 27.9 Å². The maximum atomic E-state index is 13.2. The van der Waals surface area contributed by atoms with Crippen molar-refractivity contribution >= 4 is 40.8 Å². The monoisotopic (exact) mass is 482 g/mol. The fourth-order valence-electron chi connectivity index (χ4n) is 2.99. The quantitative estimate of drug-likeness (QED) is 0.503. The maximum absolute atomic E-state index is 13.2. The molecule has 2 amide bonds. The molecule has 0 unspecified atom stereocenters. The SMILES string of the molecule is COc1c(Cl)cc(C(=O)Nc2nn(C)cc2C(=O)NCc2ccccc2C(F)F)cc1Cl. The van der Waals surface area contributed by atoms with Gasteiger partial charge in [-0.15, -0.1) is 0 Å². The number of carbonyl (C=O) groups excluding carboxylic acids is 2. The Bertz CT molecular complexity index is 1140. The van der Waals surface area contributed by atoms with Crippen LogP contribution in [0.1, 0.15) is 38.3 Å². The molecule has 0 aliphatic rings. The van der Waals surface area contributed by atoms with E-state index in [1.54, 1.807) is 13.1 Å². The molecule has 0 fully saturated rings. The number of nitrogens with one attached hydrogen (secondary N) is 2. The Morgan fingerprint density at radius 1 is 1.16 bits per heavy atom. The number of benzene rings is 2. The number of nitrogens with zero attached hydrogens (tertiary/aromatic N) is 2.